The molecule has 0 spiro atoms. The first kappa shape index (κ1) is 10.2. The van der Waals surface area contributed by atoms with E-state index in [2.05, 4.69) is 6.58 Å². The Morgan fingerprint density at radius 1 is 1.70 bits per heavy atom. The fourth-order valence-corrected chi connectivity index (χ4v) is 2.22. The first-order chi connectivity index (χ1) is 4.45. The molecule has 0 aromatic rings. The van der Waals surface area contributed by atoms with Gasteiger partial charge in [0.2, 0.25) is 0 Å². The SMILES string of the molecule is C=C(CP(=O)(O)O)SCC. The smallest absolute Gasteiger partial charge is 0.324 e. The molecule has 0 unspecified atom stereocenters. The van der Waals surface area contributed by atoms with Crippen LogP contribution in [-0.2, 0) is 4.57 Å². The molecule has 0 aliphatic carbocycles. The third kappa shape index (κ3) is 6.36. The summed E-state index contributed by atoms with van der Waals surface area (Å²) in [6, 6.07) is 0. The largest absolute Gasteiger partial charge is 0.330 e. The Balaban J connectivity index is 3.70. The minimum absolute atomic E-state index is 0.203. The van der Waals surface area contributed by atoms with Crippen molar-refractivity contribution in [2.24, 2.45) is 0 Å². The van der Waals surface area contributed by atoms with Crippen molar-refractivity contribution in [3.8, 4) is 0 Å². The molecule has 0 saturated heterocycles. The van der Waals surface area contributed by atoms with E-state index >= 15 is 0 Å². The second-order valence-corrected chi connectivity index (χ2v) is 4.88. The molecule has 60 valence electrons. The maximum absolute atomic E-state index is 10.3. The predicted molar refractivity (Wildman–Crippen MR) is 44.2 cm³/mol. The summed E-state index contributed by atoms with van der Waals surface area (Å²) >= 11 is 1.37. The molecular formula is C5H11O3PS. The highest BCUT2D eigenvalue weighted by molar-refractivity contribution is 8.03. The Labute approximate surface area is 64.7 Å². The van der Waals surface area contributed by atoms with Crippen LogP contribution in [0.2, 0.25) is 0 Å². The van der Waals surface area contributed by atoms with E-state index in [1.165, 1.54) is 11.8 Å². The van der Waals surface area contributed by atoms with Gasteiger partial charge in [-0.2, -0.15) is 0 Å². The molecule has 0 heterocycles. The Hall–Kier alpha value is 0.240. The van der Waals surface area contributed by atoms with Gasteiger partial charge >= 0.3 is 7.60 Å². The molecule has 10 heavy (non-hydrogen) atoms. The van der Waals surface area contributed by atoms with Gasteiger partial charge in [-0.05, 0) is 10.7 Å². The normalized spacial score (nSPS) is 11.5. The average Bonchev–Trinajstić information content (AvgIpc) is 1.59. The monoisotopic (exact) mass is 182 g/mol. The van der Waals surface area contributed by atoms with Crippen LogP contribution in [0.4, 0.5) is 0 Å². The second-order valence-electron chi connectivity index (χ2n) is 1.79. The Kier molecular flexibility index (Phi) is 4.29. The summed E-state index contributed by atoms with van der Waals surface area (Å²) < 4.78 is 10.3. The van der Waals surface area contributed by atoms with Gasteiger partial charge in [0.25, 0.3) is 0 Å². The fraction of sp³-hybridized carbons (Fsp3) is 0.600. The maximum Gasteiger partial charge on any atom is 0.330 e. The maximum atomic E-state index is 10.3. The lowest BCUT2D eigenvalue weighted by Crippen LogP contribution is -1.88. The van der Waals surface area contributed by atoms with Crippen molar-refractivity contribution in [2.45, 2.75) is 6.92 Å². The minimum Gasteiger partial charge on any atom is -0.324 e. The van der Waals surface area contributed by atoms with E-state index in [0.29, 0.717) is 4.91 Å². The van der Waals surface area contributed by atoms with E-state index in [9.17, 15) is 4.57 Å². The molecule has 0 bridgehead atoms. The molecule has 0 rings (SSSR count). The number of hydrogen-bond donors (Lipinski definition) is 2. The number of allylic oxidation sites excluding steroid dienone is 1. The first-order valence-corrected chi connectivity index (χ1v) is 5.59. The molecule has 0 aromatic heterocycles. The second kappa shape index (κ2) is 4.19. The molecule has 0 atom stereocenters. The zero-order valence-corrected chi connectivity index (χ0v) is 7.49. The molecule has 0 amide bonds. The highest BCUT2D eigenvalue weighted by Gasteiger charge is 2.13. The molecule has 5 heteroatoms. The van der Waals surface area contributed by atoms with Crippen molar-refractivity contribution in [2.75, 3.05) is 11.9 Å². The lowest BCUT2D eigenvalue weighted by molar-refractivity contribution is 0.377. The van der Waals surface area contributed by atoms with Crippen LogP contribution in [0, 0.1) is 0 Å². The standard InChI is InChI=1S/C5H11O3PS/c1-3-10-5(2)4-9(6,7)8/h2-4H2,1H3,(H2,6,7,8). The topological polar surface area (TPSA) is 57.5 Å². The van der Waals surface area contributed by atoms with Gasteiger partial charge in [-0.3, -0.25) is 4.57 Å². The van der Waals surface area contributed by atoms with Gasteiger partial charge in [0.15, 0.2) is 0 Å². The predicted octanol–water partition coefficient (Wildman–Crippen LogP) is 1.43. The quantitative estimate of drug-likeness (QED) is 0.646. The molecule has 0 aliphatic rings. The van der Waals surface area contributed by atoms with Gasteiger partial charge in [0.1, 0.15) is 0 Å². The number of thioether (sulfide) groups is 1. The van der Waals surface area contributed by atoms with Crippen LogP contribution >= 0.6 is 19.4 Å². The van der Waals surface area contributed by atoms with Crippen LogP contribution in [0.3, 0.4) is 0 Å². The third-order valence-corrected chi connectivity index (χ3v) is 2.58. The van der Waals surface area contributed by atoms with Gasteiger partial charge in [-0.1, -0.05) is 13.5 Å². The molecule has 2 N–H and O–H groups in total. The molecule has 3 nitrogen and oxygen atoms in total. The average molecular weight is 182 g/mol. The molecule has 0 saturated carbocycles. The molecular weight excluding hydrogens is 171 g/mol. The summed E-state index contributed by atoms with van der Waals surface area (Å²) in [4.78, 5) is 17.5. The van der Waals surface area contributed by atoms with Crippen molar-refractivity contribution in [3.63, 3.8) is 0 Å². The Bertz CT molecular complexity index is 162. The van der Waals surface area contributed by atoms with Crippen LogP contribution in [-0.4, -0.2) is 21.7 Å². The zero-order valence-electron chi connectivity index (χ0n) is 5.78. The minimum atomic E-state index is -3.87. The van der Waals surface area contributed by atoms with Gasteiger partial charge in [0.05, 0.1) is 6.16 Å². The van der Waals surface area contributed by atoms with Gasteiger partial charge < -0.3 is 9.79 Å². The van der Waals surface area contributed by atoms with Crippen molar-refractivity contribution in [1.29, 1.82) is 0 Å². The molecule has 0 aliphatic heterocycles. The summed E-state index contributed by atoms with van der Waals surface area (Å²) in [5.41, 5.74) is 0. The van der Waals surface area contributed by atoms with E-state index in [4.69, 9.17) is 9.79 Å². The summed E-state index contributed by atoms with van der Waals surface area (Å²) in [6.45, 7) is 5.41. The van der Waals surface area contributed by atoms with Gasteiger partial charge in [-0.25, -0.2) is 0 Å². The first-order valence-electron chi connectivity index (χ1n) is 2.81. The van der Waals surface area contributed by atoms with Crippen molar-refractivity contribution >= 4 is 19.4 Å². The van der Waals surface area contributed by atoms with E-state index in [0.717, 1.165) is 5.75 Å². The number of hydrogen-bond acceptors (Lipinski definition) is 2. The van der Waals surface area contributed by atoms with E-state index in [-0.39, 0.29) is 6.16 Å². The summed E-state index contributed by atoms with van der Waals surface area (Å²) in [6.07, 6.45) is -0.203. The van der Waals surface area contributed by atoms with E-state index < -0.39 is 7.60 Å². The van der Waals surface area contributed by atoms with Crippen molar-refractivity contribution < 1.29 is 14.4 Å². The van der Waals surface area contributed by atoms with Crippen molar-refractivity contribution in [3.05, 3.63) is 11.5 Å². The van der Waals surface area contributed by atoms with Crippen LogP contribution in [0.5, 0.6) is 0 Å². The molecule has 0 fully saturated rings. The van der Waals surface area contributed by atoms with Gasteiger partial charge in [-0.15, -0.1) is 11.8 Å². The third-order valence-electron chi connectivity index (χ3n) is 0.731. The molecule has 0 radical (unpaired) electrons. The summed E-state index contributed by atoms with van der Waals surface area (Å²) in [7, 11) is -3.87. The number of rotatable bonds is 4. The Morgan fingerprint density at radius 3 is 2.50 bits per heavy atom. The van der Waals surface area contributed by atoms with Crippen molar-refractivity contribution in [1.82, 2.24) is 0 Å². The Morgan fingerprint density at radius 2 is 2.20 bits per heavy atom. The lowest BCUT2D eigenvalue weighted by Gasteiger charge is -2.04. The highest BCUT2D eigenvalue weighted by Crippen LogP contribution is 2.38. The fourth-order valence-electron chi connectivity index (χ4n) is 0.479. The van der Waals surface area contributed by atoms with Gasteiger partial charge in [0, 0.05) is 0 Å². The van der Waals surface area contributed by atoms with E-state index in [1.807, 2.05) is 6.92 Å². The lowest BCUT2D eigenvalue weighted by atomic mass is 10.7. The highest BCUT2D eigenvalue weighted by atomic mass is 32.2. The summed E-state index contributed by atoms with van der Waals surface area (Å²) in [5.74, 6) is 0.804. The van der Waals surface area contributed by atoms with Crippen LogP contribution in [0.15, 0.2) is 11.5 Å². The van der Waals surface area contributed by atoms with Crippen LogP contribution in [0.1, 0.15) is 6.92 Å². The molecule has 0 aromatic carbocycles. The summed E-state index contributed by atoms with van der Waals surface area (Å²) in [5, 5.41) is 0. The van der Waals surface area contributed by atoms with E-state index in [1.54, 1.807) is 0 Å². The zero-order chi connectivity index (χ0) is 8.20. The van der Waals surface area contributed by atoms with Crippen LogP contribution in [0.25, 0.3) is 0 Å². The van der Waals surface area contributed by atoms with Crippen LogP contribution < -0.4 is 0 Å².